The van der Waals surface area contributed by atoms with Crippen LogP contribution in [0.1, 0.15) is 32.3 Å². The number of rotatable bonds is 6. The third-order valence-electron chi connectivity index (χ3n) is 3.35. The Morgan fingerprint density at radius 1 is 1.36 bits per heavy atom. The van der Waals surface area contributed by atoms with Crippen LogP contribution >= 0.6 is 0 Å². The lowest BCUT2D eigenvalue weighted by molar-refractivity contribution is -0.0353. The molecule has 1 aliphatic rings. The molecular weight excluding hydrogens is 284 g/mol. The summed E-state index contributed by atoms with van der Waals surface area (Å²) in [6.45, 7) is 12.4. The maximum Gasteiger partial charge on any atom is 0.159 e. The first kappa shape index (κ1) is 18.4. The molecular formula is C18H25F2NO. The van der Waals surface area contributed by atoms with E-state index >= 15 is 0 Å². The Labute approximate surface area is 131 Å². The van der Waals surface area contributed by atoms with E-state index in [1.807, 2.05) is 6.92 Å². The molecule has 1 N–H and O–H groups in total. The fourth-order valence-electron chi connectivity index (χ4n) is 2.05. The van der Waals surface area contributed by atoms with Crippen LogP contribution in [0.3, 0.4) is 0 Å². The number of nitrogens with one attached hydrogen (secondary N) is 1. The molecule has 0 bridgehead atoms. The molecule has 22 heavy (non-hydrogen) atoms. The molecule has 0 radical (unpaired) electrons. The van der Waals surface area contributed by atoms with Crippen LogP contribution in [-0.4, -0.2) is 12.6 Å². The smallest absolute Gasteiger partial charge is 0.159 e. The molecule has 0 atom stereocenters. The molecule has 0 heterocycles. The zero-order chi connectivity index (χ0) is 16.5. The van der Waals surface area contributed by atoms with Crippen LogP contribution in [0.2, 0.25) is 0 Å². The molecule has 2 nitrogen and oxygen atoms in total. The quantitative estimate of drug-likeness (QED) is 0.777. The maximum atomic E-state index is 12.8. The standard InChI is InChI=1S/C12H14F2O.C6H11N/c1-8-4-10(5-8)15-7-9-2-3-11(13)12(14)6-9;1-4-5-7-6(2)3/h2-3,6,8,10H,4-5,7H2,1H3;4,7H,1-2,5H2,3H3. The third-order valence-corrected chi connectivity index (χ3v) is 3.35. The van der Waals surface area contributed by atoms with Crippen molar-refractivity contribution < 1.29 is 13.5 Å². The molecule has 0 saturated heterocycles. The van der Waals surface area contributed by atoms with Gasteiger partial charge in [-0.05, 0) is 43.4 Å². The number of hydrogen-bond acceptors (Lipinski definition) is 2. The van der Waals surface area contributed by atoms with Crippen molar-refractivity contribution >= 4 is 0 Å². The van der Waals surface area contributed by atoms with Gasteiger partial charge in [-0.1, -0.05) is 25.6 Å². The van der Waals surface area contributed by atoms with E-state index in [1.54, 1.807) is 12.1 Å². The lowest BCUT2D eigenvalue weighted by atomic mass is 9.84. The molecule has 0 unspecified atom stereocenters. The van der Waals surface area contributed by atoms with E-state index in [4.69, 9.17) is 4.74 Å². The molecule has 1 saturated carbocycles. The summed E-state index contributed by atoms with van der Waals surface area (Å²) in [6.07, 6.45) is 4.25. The molecule has 1 aromatic rings. The summed E-state index contributed by atoms with van der Waals surface area (Å²) in [5.74, 6) is -0.881. The summed E-state index contributed by atoms with van der Waals surface area (Å²) in [5.41, 5.74) is 1.67. The van der Waals surface area contributed by atoms with Gasteiger partial charge < -0.3 is 10.1 Å². The highest BCUT2D eigenvalue weighted by molar-refractivity contribution is 5.16. The van der Waals surface area contributed by atoms with Gasteiger partial charge in [0.2, 0.25) is 0 Å². The first-order chi connectivity index (χ1) is 10.4. The molecule has 0 aliphatic heterocycles. The number of allylic oxidation sites excluding steroid dienone is 1. The number of ether oxygens (including phenoxy) is 1. The van der Waals surface area contributed by atoms with Gasteiger partial charge in [0.25, 0.3) is 0 Å². The summed E-state index contributed by atoms with van der Waals surface area (Å²) in [7, 11) is 0. The number of benzene rings is 1. The van der Waals surface area contributed by atoms with E-state index in [0.29, 0.717) is 18.3 Å². The molecule has 0 amide bonds. The Morgan fingerprint density at radius 3 is 2.50 bits per heavy atom. The lowest BCUT2D eigenvalue weighted by Gasteiger charge is -2.32. The van der Waals surface area contributed by atoms with Crippen molar-refractivity contribution in [1.29, 1.82) is 0 Å². The van der Waals surface area contributed by atoms with Crippen molar-refractivity contribution in [2.75, 3.05) is 6.54 Å². The van der Waals surface area contributed by atoms with Crippen LogP contribution in [-0.2, 0) is 11.3 Å². The first-order valence-corrected chi connectivity index (χ1v) is 7.48. The predicted molar refractivity (Wildman–Crippen MR) is 86.3 cm³/mol. The summed E-state index contributed by atoms with van der Waals surface area (Å²) in [4.78, 5) is 0. The second kappa shape index (κ2) is 9.36. The van der Waals surface area contributed by atoms with E-state index in [9.17, 15) is 8.78 Å². The largest absolute Gasteiger partial charge is 0.386 e. The zero-order valence-electron chi connectivity index (χ0n) is 13.4. The molecule has 0 spiro atoms. The summed E-state index contributed by atoms with van der Waals surface area (Å²) in [5, 5.41) is 2.98. The van der Waals surface area contributed by atoms with Crippen LogP contribution < -0.4 is 5.32 Å². The summed E-state index contributed by atoms with van der Waals surface area (Å²) < 4.78 is 31.0. The zero-order valence-corrected chi connectivity index (χ0v) is 13.4. The van der Waals surface area contributed by atoms with Crippen LogP contribution in [0.4, 0.5) is 8.78 Å². The van der Waals surface area contributed by atoms with E-state index in [-0.39, 0.29) is 0 Å². The van der Waals surface area contributed by atoms with Crippen LogP contribution in [0.15, 0.2) is 43.1 Å². The second-order valence-corrected chi connectivity index (χ2v) is 5.71. The summed E-state index contributed by atoms with van der Waals surface area (Å²) >= 11 is 0. The first-order valence-electron chi connectivity index (χ1n) is 7.48. The van der Waals surface area contributed by atoms with Crippen molar-refractivity contribution in [1.82, 2.24) is 5.32 Å². The SMILES string of the molecule is C=CCNC(=C)C.CC1CC(OCc2ccc(F)c(F)c2)C1. The number of hydrogen-bond donors (Lipinski definition) is 1. The predicted octanol–water partition coefficient (Wildman–Crippen LogP) is 4.58. The van der Waals surface area contributed by atoms with Crippen molar-refractivity contribution in [3.63, 3.8) is 0 Å². The molecule has 0 aromatic heterocycles. The Kier molecular flexibility index (Phi) is 7.82. The fraction of sp³-hybridized carbons (Fsp3) is 0.444. The highest BCUT2D eigenvalue weighted by atomic mass is 19.2. The molecule has 4 heteroatoms. The molecule has 1 aromatic carbocycles. The Morgan fingerprint density at radius 2 is 2.05 bits per heavy atom. The van der Waals surface area contributed by atoms with Crippen molar-refractivity contribution in [3.05, 3.63) is 60.3 Å². The van der Waals surface area contributed by atoms with E-state index < -0.39 is 11.6 Å². The van der Waals surface area contributed by atoms with E-state index in [2.05, 4.69) is 25.4 Å². The second-order valence-electron chi connectivity index (χ2n) is 5.71. The number of halogens is 2. The third kappa shape index (κ3) is 6.85. The van der Waals surface area contributed by atoms with E-state index in [0.717, 1.165) is 37.1 Å². The van der Waals surface area contributed by atoms with Crippen molar-refractivity contribution in [2.45, 2.75) is 39.4 Å². The molecule has 1 aliphatic carbocycles. The van der Waals surface area contributed by atoms with Gasteiger partial charge in [-0.2, -0.15) is 0 Å². The van der Waals surface area contributed by atoms with E-state index in [1.165, 1.54) is 6.07 Å². The minimum Gasteiger partial charge on any atom is -0.386 e. The Balaban J connectivity index is 0.000000295. The monoisotopic (exact) mass is 309 g/mol. The van der Waals surface area contributed by atoms with Gasteiger partial charge in [0, 0.05) is 12.2 Å². The average Bonchev–Trinajstić information content (AvgIpc) is 2.44. The summed E-state index contributed by atoms with van der Waals surface area (Å²) in [6, 6.07) is 3.88. The van der Waals surface area contributed by atoms with Gasteiger partial charge in [0.1, 0.15) is 0 Å². The Hall–Kier alpha value is -1.68. The van der Waals surface area contributed by atoms with Gasteiger partial charge in [0.15, 0.2) is 11.6 Å². The van der Waals surface area contributed by atoms with Crippen molar-refractivity contribution in [2.24, 2.45) is 5.92 Å². The van der Waals surface area contributed by atoms with Gasteiger partial charge in [0.05, 0.1) is 12.7 Å². The van der Waals surface area contributed by atoms with Crippen LogP contribution in [0.5, 0.6) is 0 Å². The van der Waals surface area contributed by atoms with Gasteiger partial charge in [-0.15, -0.1) is 6.58 Å². The van der Waals surface area contributed by atoms with Crippen LogP contribution in [0.25, 0.3) is 0 Å². The Bertz CT molecular complexity index is 496. The highest BCUT2D eigenvalue weighted by Crippen LogP contribution is 2.29. The molecule has 1 fully saturated rings. The fourth-order valence-corrected chi connectivity index (χ4v) is 2.05. The lowest BCUT2D eigenvalue weighted by Crippen LogP contribution is -2.29. The van der Waals surface area contributed by atoms with Gasteiger partial charge >= 0.3 is 0 Å². The minimum absolute atomic E-state index is 0.299. The minimum atomic E-state index is -0.809. The van der Waals surface area contributed by atoms with Gasteiger partial charge in [-0.3, -0.25) is 0 Å². The normalized spacial score (nSPS) is 19.5. The highest BCUT2D eigenvalue weighted by Gasteiger charge is 2.25. The van der Waals surface area contributed by atoms with Crippen molar-refractivity contribution in [3.8, 4) is 0 Å². The topological polar surface area (TPSA) is 21.3 Å². The maximum absolute atomic E-state index is 12.8. The van der Waals surface area contributed by atoms with Crippen LogP contribution in [0, 0.1) is 17.6 Å². The average molecular weight is 309 g/mol. The molecule has 2 rings (SSSR count). The van der Waals surface area contributed by atoms with Gasteiger partial charge in [-0.25, -0.2) is 8.78 Å². The molecule has 122 valence electrons.